The van der Waals surface area contributed by atoms with Crippen molar-refractivity contribution in [1.82, 2.24) is 0 Å². The Labute approximate surface area is 270 Å². The number of hydrogen-bond acceptors (Lipinski definition) is 4. The topological polar surface area (TPSA) is 70.5 Å². The van der Waals surface area contributed by atoms with Gasteiger partial charge in [0.15, 0.2) is 0 Å². The summed E-state index contributed by atoms with van der Waals surface area (Å²) in [5.41, 5.74) is 20.9. The van der Waals surface area contributed by atoms with E-state index >= 15 is 0 Å². The highest BCUT2D eigenvalue weighted by Gasteiger charge is 2.41. The van der Waals surface area contributed by atoms with Gasteiger partial charge in [0.1, 0.15) is 23.0 Å². The van der Waals surface area contributed by atoms with Crippen LogP contribution in [0.4, 0.5) is 11.4 Å². The Morgan fingerprint density at radius 2 is 0.956 bits per heavy atom. The van der Waals surface area contributed by atoms with Crippen molar-refractivity contribution in [2.75, 3.05) is 11.5 Å². The molecule has 0 spiro atoms. The van der Waals surface area contributed by atoms with Crippen LogP contribution in [-0.2, 0) is 5.41 Å². The first-order valence-electron chi connectivity index (χ1n) is 16.9. The van der Waals surface area contributed by atoms with Gasteiger partial charge in [-0.3, -0.25) is 0 Å². The molecule has 45 heavy (non-hydrogen) atoms. The molecule has 2 fully saturated rings. The quantitative estimate of drug-likeness (QED) is 0.206. The van der Waals surface area contributed by atoms with Crippen LogP contribution < -0.4 is 20.9 Å². The van der Waals surface area contributed by atoms with Crippen LogP contribution in [0.2, 0.25) is 0 Å². The molecule has 0 bridgehead atoms. The van der Waals surface area contributed by atoms with Crippen molar-refractivity contribution in [3.05, 3.63) is 106 Å². The van der Waals surface area contributed by atoms with E-state index in [9.17, 15) is 0 Å². The predicted octanol–water partition coefficient (Wildman–Crippen LogP) is 11.0. The Morgan fingerprint density at radius 3 is 1.36 bits per heavy atom. The molecule has 4 nitrogen and oxygen atoms in total. The molecule has 2 saturated carbocycles. The molecule has 0 heterocycles. The van der Waals surface area contributed by atoms with Crippen LogP contribution in [0.5, 0.6) is 23.0 Å². The summed E-state index contributed by atoms with van der Waals surface area (Å²) < 4.78 is 12.8. The zero-order valence-electron chi connectivity index (χ0n) is 27.8. The lowest BCUT2D eigenvalue weighted by atomic mass is 9.59. The van der Waals surface area contributed by atoms with E-state index < -0.39 is 0 Å². The van der Waals surface area contributed by atoms with Crippen LogP contribution in [0.1, 0.15) is 91.7 Å². The zero-order chi connectivity index (χ0) is 31.7. The van der Waals surface area contributed by atoms with Crippen molar-refractivity contribution >= 4 is 11.4 Å². The molecular weight excluding hydrogens is 552 g/mol. The van der Waals surface area contributed by atoms with Crippen molar-refractivity contribution in [1.29, 1.82) is 0 Å². The van der Waals surface area contributed by atoms with Gasteiger partial charge < -0.3 is 20.9 Å². The van der Waals surface area contributed by atoms with Crippen molar-refractivity contribution in [2.24, 2.45) is 17.8 Å². The number of nitrogen functional groups attached to an aromatic ring is 2. The van der Waals surface area contributed by atoms with Gasteiger partial charge >= 0.3 is 0 Å². The number of nitrogens with two attached hydrogens (primary N) is 2. The van der Waals surface area contributed by atoms with Crippen molar-refractivity contribution < 1.29 is 9.47 Å². The van der Waals surface area contributed by atoms with E-state index in [1.54, 1.807) is 0 Å². The van der Waals surface area contributed by atoms with Crippen LogP contribution >= 0.6 is 0 Å². The molecule has 236 valence electrons. The second kappa shape index (κ2) is 12.8. The van der Waals surface area contributed by atoms with Crippen molar-refractivity contribution in [2.45, 2.75) is 91.4 Å². The molecule has 4 aromatic carbocycles. The molecule has 2 aliphatic carbocycles. The summed E-state index contributed by atoms with van der Waals surface area (Å²) in [6.07, 6.45) is 10.5. The van der Waals surface area contributed by atoms with E-state index in [1.165, 1.54) is 49.7 Å². The fourth-order valence-electron chi connectivity index (χ4n) is 8.27. The van der Waals surface area contributed by atoms with E-state index in [1.807, 2.05) is 48.5 Å². The summed E-state index contributed by atoms with van der Waals surface area (Å²) in [5.74, 6) is 5.98. The molecule has 0 amide bonds. The summed E-state index contributed by atoms with van der Waals surface area (Å²) in [7, 11) is 0. The lowest BCUT2D eigenvalue weighted by molar-refractivity contribution is 0.147. The third kappa shape index (κ3) is 6.57. The Hall–Kier alpha value is -3.92. The van der Waals surface area contributed by atoms with Gasteiger partial charge in [-0.2, -0.15) is 0 Å². The fraction of sp³-hybridized carbons (Fsp3) is 0.415. The summed E-state index contributed by atoms with van der Waals surface area (Å²) in [6, 6.07) is 24.9. The van der Waals surface area contributed by atoms with Gasteiger partial charge in [-0.25, -0.2) is 0 Å². The highest BCUT2D eigenvalue weighted by molar-refractivity contribution is 5.55. The maximum atomic E-state index is 6.42. The summed E-state index contributed by atoms with van der Waals surface area (Å²) in [6.45, 7) is 11.1. The molecular formula is C41H50N2O2. The number of aryl methyl sites for hydroxylation is 4. The Balaban J connectivity index is 1.37. The number of benzene rings is 4. The van der Waals surface area contributed by atoms with E-state index in [0.29, 0.717) is 11.4 Å². The molecule has 4 heteroatoms. The van der Waals surface area contributed by atoms with Gasteiger partial charge in [-0.05, 0) is 142 Å². The van der Waals surface area contributed by atoms with E-state index in [2.05, 4.69) is 58.9 Å². The lowest BCUT2D eigenvalue weighted by Gasteiger charge is -2.45. The molecule has 0 atom stereocenters. The maximum Gasteiger partial charge on any atom is 0.133 e. The van der Waals surface area contributed by atoms with Gasteiger partial charge in [0, 0.05) is 28.9 Å². The molecule has 0 saturated heterocycles. The highest BCUT2D eigenvalue weighted by atomic mass is 16.5. The molecule has 0 aliphatic heterocycles. The highest BCUT2D eigenvalue weighted by Crippen LogP contribution is 2.52. The second-order valence-corrected chi connectivity index (χ2v) is 14.2. The van der Waals surface area contributed by atoms with Crippen LogP contribution in [-0.4, -0.2) is 0 Å². The van der Waals surface area contributed by atoms with Crippen LogP contribution in [0.25, 0.3) is 0 Å². The minimum atomic E-state index is -0.0606. The van der Waals surface area contributed by atoms with Gasteiger partial charge in [0.2, 0.25) is 0 Å². The largest absolute Gasteiger partial charge is 0.457 e. The van der Waals surface area contributed by atoms with E-state index in [4.69, 9.17) is 20.9 Å². The molecule has 0 unspecified atom stereocenters. The normalized spacial score (nSPS) is 20.1. The Bertz CT molecular complexity index is 1510. The minimum absolute atomic E-state index is 0.0606. The first-order valence-corrected chi connectivity index (χ1v) is 16.9. The van der Waals surface area contributed by atoms with Gasteiger partial charge in [-0.15, -0.1) is 0 Å². The average molecular weight is 603 g/mol. The second-order valence-electron chi connectivity index (χ2n) is 14.2. The SMILES string of the molecule is Cc1cc(C2(c3cc(C)c(Oc4cccc(N)c4)c(C)c3)CCC([C@H]3CC[C@@H](C)CC3)CC2)cc(C)c1Oc1cccc(N)c1. The van der Waals surface area contributed by atoms with Crippen LogP contribution in [0, 0.1) is 45.4 Å². The van der Waals surface area contributed by atoms with Crippen LogP contribution in [0.15, 0.2) is 72.8 Å². The average Bonchev–Trinajstić information content (AvgIpc) is 3.01. The molecule has 0 radical (unpaired) electrons. The molecule has 0 aromatic heterocycles. The summed E-state index contributed by atoms with van der Waals surface area (Å²) >= 11 is 0. The van der Waals surface area contributed by atoms with E-state index in [-0.39, 0.29) is 5.41 Å². The smallest absolute Gasteiger partial charge is 0.133 e. The fourth-order valence-corrected chi connectivity index (χ4v) is 8.27. The maximum absolute atomic E-state index is 6.42. The van der Waals surface area contributed by atoms with Gasteiger partial charge in [0.05, 0.1) is 0 Å². The van der Waals surface area contributed by atoms with E-state index in [0.717, 1.165) is 75.8 Å². The third-order valence-corrected chi connectivity index (χ3v) is 10.8. The van der Waals surface area contributed by atoms with Crippen molar-refractivity contribution in [3.63, 3.8) is 0 Å². The number of ether oxygens (including phenoxy) is 2. The molecule has 4 N–H and O–H groups in total. The standard InChI is InChI=1S/C41H50N2O2/c1-26-12-14-31(15-13-26)32-16-18-41(19-17-32,33-20-27(2)39(28(3)21-33)44-37-10-6-8-35(42)24-37)34-22-29(4)40(30(5)23-34)45-38-11-7-9-36(43)25-38/h6-11,20-26,31-32H,12-19,42-43H2,1-5H3/t26-,31+. The number of anilines is 2. The molecule has 4 aromatic rings. The lowest BCUT2D eigenvalue weighted by Crippen LogP contribution is -2.36. The Kier molecular flexibility index (Phi) is 8.86. The monoisotopic (exact) mass is 602 g/mol. The van der Waals surface area contributed by atoms with Gasteiger partial charge in [-0.1, -0.05) is 56.2 Å². The summed E-state index contributed by atoms with van der Waals surface area (Å²) in [5, 5.41) is 0. The number of hydrogen-bond donors (Lipinski definition) is 2. The zero-order valence-corrected chi connectivity index (χ0v) is 27.8. The van der Waals surface area contributed by atoms with Gasteiger partial charge in [0.25, 0.3) is 0 Å². The summed E-state index contributed by atoms with van der Waals surface area (Å²) in [4.78, 5) is 0. The minimum Gasteiger partial charge on any atom is -0.457 e. The molecule has 6 rings (SSSR count). The Morgan fingerprint density at radius 1 is 0.556 bits per heavy atom. The first kappa shape index (κ1) is 31.1. The third-order valence-electron chi connectivity index (χ3n) is 10.8. The first-order chi connectivity index (χ1) is 21.6. The van der Waals surface area contributed by atoms with Crippen molar-refractivity contribution in [3.8, 4) is 23.0 Å². The molecule has 2 aliphatic rings. The number of rotatable bonds is 7. The van der Waals surface area contributed by atoms with Crippen LogP contribution in [0.3, 0.4) is 0 Å². The predicted molar refractivity (Wildman–Crippen MR) is 188 cm³/mol.